The van der Waals surface area contributed by atoms with Crippen LogP contribution in [-0.4, -0.2) is 50.9 Å². The number of sulfonamides is 1. The fourth-order valence-corrected chi connectivity index (χ4v) is 4.79. The second-order valence-corrected chi connectivity index (χ2v) is 8.40. The second-order valence-electron chi connectivity index (χ2n) is 6.68. The Morgan fingerprint density at radius 2 is 2.04 bits per heavy atom. The number of carbonyl (C=O) groups is 1. The molecule has 1 aliphatic carbocycles. The number of nitrogens with one attached hydrogen (secondary N) is 2. The summed E-state index contributed by atoms with van der Waals surface area (Å²) < 4.78 is 27.9. The topological polar surface area (TPSA) is 78.5 Å². The van der Waals surface area contributed by atoms with Gasteiger partial charge in [0.15, 0.2) is 0 Å². The van der Waals surface area contributed by atoms with Gasteiger partial charge in [0, 0.05) is 37.3 Å². The Hall–Kier alpha value is -1.44. The number of hydrogen-bond acceptors (Lipinski definition) is 4. The maximum atomic E-state index is 12.7. The van der Waals surface area contributed by atoms with Gasteiger partial charge in [0.2, 0.25) is 10.0 Å². The van der Waals surface area contributed by atoms with Crippen molar-refractivity contribution in [1.29, 1.82) is 0 Å². The molecule has 1 atom stereocenters. The van der Waals surface area contributed by atoms with Crippen molar-refractivity contribution in [3.05, 3.63) is 29.8 Å². The molecule has 1 amide bonds. The monoisotopic (exact) mass is 351 g/mol. The van der Waals surface area contributed by atoms with Crippen LogP contribution >= 0.6 is 0 Å². The van der Waals surface area contributed by atoms with E-state index < -0.39 is 10.0 Å². The third kappa shape index (κ3) is 3.79. The third-order valence-corrected chi connectivity index (χ3v) is 6.35. The summed E-state index contributed by atoms with van der Waals surface area (Å²) in [6.07, 6.45) is 3.89. The first kappa shape index (κ1) is 17.4. The number of rotatable bonds is 4. The fourth-order valence-electron chi connectivity index (χ4n) is 3.44. The second kappa shape index (κ2) is 7.21. The van der Waals surface area contributed by atoms with Crippen molar-refractivity contribution in [3.8, 4) is 0 Å². The van der Waals surface area contributed by atoms with Crippen LogP contribution in [0.1, 0.15) is 43.0 Å². The number of piperazine rings is 1. The predicted octanol–water partition coefficient (Wildman–Crippen LogP) is 1.34. The Labute approximate surface area is 143 Å². The lowest BCUT2D eigenvalue weighted by Gasteiger charge is -2.34. The Balaban J connectivity index is 1.79. The average Bonchev–Trinajstić information content (AvgIpc) is 3.07. The van der Waals surface area contributed by atoms with Crippen molar-refractivity contribution < 1.29 is 13.2 Å². The lowest BCUT2D eigenvalue weighted by molar-refractivity contribution is 0.0655. The fraction of sp³-hybridized carbons (Fsp3) is 0.588. The zero-order chi connectivity index (χ0) is 17.2. The molecule has 3 rings (SSSR count). The molecule has 2 fully saturated rings. The van der Waals surface area contributed by atoms with Crippen LogP contribution in [0.3, 0.4) is 0 Å². The summed E-state index contributed by atoms with van der Waals surface area (Å²) >= 11 is 0. The first-order chi connectivity index (χ1) is 11.5. The van der Waals surface area contributed by atoms with E-state index in [1.165, 1.54) is 6.07 Å². The van der Waals surface area contributed by atoms with Crippen molar-refractivity contribution in [2.75, 3.05) is 19.6 Å². The molecule has 0 aromatic heterocycles. The molecule has 0 spiro atoms. The highest BCUT2D eigenvalue weighted by atomic mass is 32.2. The Morgan fingerprint density at radius 1 is 1.29 bits per heavy atom. The van der Waals surface area contributed by atoms with Crippen molar-refractivity contribution in [2.24, 2.45) is 0 Å². The summed E-state index contributed by atoms with van der Waals surface area (Å²) in [6, 6.07) is 6.49. The van der Waals surface area contributed by atoms with Crippen LogP contribution in [0.4, 0.5) is 0 Å². The van der Waals surface area contributed by atoms with Crippen LogP contribution in [0.2, 0.25) is 0 Å². The minimum atomic E-state index is -3.58. The van der Waals surface area contributed by atoms with Gasteiger partial charge in [-0.05, 0) is 38.0 Å². The molecule has 24 heavy (non-hydrogen) atoms. The molecule has 1 aromatic carbocycles. The molecular weight excluding hydrogens is 326 g/mol. The van der Waals surface area contributed by atoms with E-state index in [-0.39, 0.29) is 22.9 Å². The van der Waals surface area contributed by atoms with Gasteiger partial charge in [0.05, 0.1) is 4.90 Å². The van der Waals surface area contributed by atoms with E-state index >= 15 is 0 Å². The summed E-state index contributed by atoms with van der Waals surface area (Å²) in [7, 11) is -3.58. The van der Waals surface area contributed by atoms with E-state index in [1.54, 1.807) is 23.1 Å². The van der Waals surface area contributed by atoms with Crippen LogP contribution < -0.4 is 10.0 Å². The molecule has 6 nitrogen and oxygen atoms in total. The SMILES string of the molecule is CC1CNCCN1C(=O)c1cccc(S(=O)(=O)NC2CCCC2)c1. The van der Waals surface area contributed by atoms with E-state index in [9.17, 15) is 13.2 Å². The van der Waals surface area contributed by atoms with E-state index in [0.717, 1.165) is 38.8 Å². The zero-order valence-corrected chi connectivity index (χ0v) is 14.8. The molecule has 0 bridgehead atoms. The van der Waals surface area contributed by atoms with Gasteiger partial charge in [0.1, 0.15) is 0 Å². The van der Waals surface area contributed by atoms with Crippen LogP contribution in [0.25, 0.3) is 0 Å². The lowest BCUT2D eigenvalue weighted by Crippen LogP contribution is -2.52. The molecule has 1 saturated heterocycles. The Bertz CT molecular complexity index is 699. The normalized spacial score (nSPS) is 22.7. The number of carbonyl (C=O) groups excluding carboxylic acids is 1. The number of benzene rings is 1. The molecule has 2 aliphatic rings. The molecule has 132 valence electrons. The number of amides is 1. The summed E-state index contributed by atoms with van der Waals surface area (Å²) in [5.41, 5.74) is 0.429. The molecule has 1 saturated carbocycles. The van der Waals surface area contributed by atoms with Gasteiger partial charge in [-0.15, -0.1) is 0 Å². The first-order valence-corrected chi connectivity index (χ1v) is 10.1. The van der Waals surface area contributed by atoms with Crippen molar-refractivity contribution >= 4 is 15.9 Å². The maximum absolute atomic E-state index is 12.7. The predicted molar refractivity (Wildman–Crippen MR) is 92.4 cm³/mol. The molecule has 1 aliphatic heterocycles. The summed E-state index contributed by atoms with van der Waals surface area (Å²) in [6.45, 7) is 4.15. The summed E-state index contributed by atoms with van der Waals surface area (Å²) in [5, 5.41) is 3.25. The van der Waals surface area contributed by atoms with E-state index in [2.05, 4.69) is 10.0 Å². The van der Waals surface area contributed by atoms with Gasteiger partial charge >= 0.3 is 0 Å². The van der Waals surface area contributed by atoms with Gasteiger partial charge < -0.3 is 10.2 Å². The van der Waals surface area contributed by atoms with Gasteiger partial charge in [0.25, 0.3) is 5.91 Å². The largest absolute Gasteiger partial charge is 0.333 e. The van der Waals surface area contributed by atoms with Gasteiger partial charge in [-0.1, -0.05) is 18.9 Å². The van der Waals surface area contributed by atoms with E-state index in [1.807, 2.05) is 6.92 Å². The van der Waals surface area contributed by atoms with Crippen LogP contribution in [-0.2, 0) is 10.0 Å². The Morgan fingerprint density at radius 3 is 2.75 bits per heavy atom. The quantitative estimate of drug-likeness (QED) is 0.858. The molecule has 1 heterocycles. The zero-order valence-electron chi connectivity index (χ0n) is 14.0. The molecule has 1 unspecified atom stereocenters. The van der Waals surface area contributed by atoms with E-state index in [4.69, 9.17) is 0 Å². The summed E-state index contributed by atoms with van der Waals surface area (Å²) in [5.74, 6) is -0.109. The van der Waals surface area contributed by atoms with Crippen molar-refractivity contribution in [2.45, 2.75) is 49.6 Å². The highest BCUT2D eigenvalue weighted by Crippen LogP contribution is 2.21. The third-order valence-electron chi connectivity index (χ3n) is 4.83. The highest BCUT2D eigenvalue weighted by molar-refractivity contribution is 7.89. The minimum Gasteiger partial charge on any atom is -0.333 e. The molecule has 7 heteroatoms. The summed E-state index contributed by atoms with van der Waals surface area (Å²) in [4.78, 5) is 14.7. The molecular formula is C17H25N3O3S. The Kier molecular flexibility index (Phi) is 5.22. The van der Waals surface area contributed by atoms with Crippen molar-refractivity contribution in [1.82, 2.24) is 14.9 Å². The van der Waals surface area contributed by atoms with Gasteiger partial charge in [-0.3, -0.25) is 4.79 Å². The smallest absolute Gasteiger partial charge is 0.254 e. The number of hydrogen-bond donors (Lipinski definition) is 2. The van der Waals surface area contributed by atoms with Crippen LogP contribution in [0.5, 0.6) is 0 Å². The number of nitrogens with zero attached hydrogens (tertiary/aromatic N) is 1. The van der Waals surface area contributed by atoms with E-state index in [0.29, 0.717) is 12.1 Å². The minimum absolute atomic E-state index is 0.0162. The van der Waals surface area contributed by atoms with Gasteiger partial charge in [-0.2, -0.15) is 0 Å². The molecule has 1 aromatic rings. The first-order valence-electron chi connectivity index (χ1n) is 8.61. The highest BCUT2D eigenvalue weighted by Gasteiger charge is 2.26. The average molecular weight is 351 g/mol. The lowest BCUT2D eigenvalue weighted by atomic mass is 10.1. The van der Waals surface area contributed by atoms with Crippen molar-refractivity contribution in [3.63, 3.8) is 0 Å². The van der Waals surface area contributed by atoms with Crippen LogP contribution in [0, 0.1) is 0 Å². The maximum Gasteiger partial charge on any atom is 0.254 e. The molecule has 2 N–H and O–H groups in total. The van der Waals surface area contributed by atoms with Crippen LogP contribution in [0.15, 0.2) is 29.2 Å². The molecule has 0 radical (unpaired) electrons. The standard InChI is InChI=1S/C17H25N3O3S/c1-13-12-18-9-10-20(13)17(21)14-5-4-8-16(11-14)24(22,23)19-15-6-2-3-7-15/h4-5,8,11,13,15,18-19H,2-3,6-7,9-10,12H2,1H3. The van der Waals surface area contributed by atoms with Gasteiger partial charge in [-0.25, -0.2) is 13.1 Å².